The van der Waals surface area contributed by atoms with Crippen LogP contribution in [-0.2, 0) is 6.61 Å². The molecule has 1 atom stereocenters. The molecule has 0 spiro atoms. The molecular weight excluding hydrogens is 292 g/mol. The Kier molecular flexibility index (Phi) is 4.79. The summed E-state index contributed by atoms with van der Waals surface area (Å²) in [7, 11) is 0. The summed E-state index contributed by atoms with van der Waals surface area (Å²) in [6.45, 7) is 0.655. The van der Waals surface area contributed by atoms with E-state index in [0.717, 1.165) is 16.9 Å². The predicted molar refractivity (Wildman–Crippen MR) is 76.0 cm³/mol. The first-order chi connectivity index (χ1) is 8.79. The third kappa shape index (κ3) is 3.59. The highest BCUT2D eigenvalue weighted by atomic mass is 79.9. The van der Waals surface area contributed by atoms with Gasteiger partial charge in [0.05, 0.1) is 11.4 Å². The van der Waals surface area contributed by atoms with E-state index in [1.54, 1.807) is 0 Å². The zero-order valence-electron chi connectivity index (χ0n) is 9.92. The van der Waals surface area contributed by atoms with E-state index in [1.807, 2.05) is 54.6 Å². The maximum absolute atomic E-state index is 9.03. The van der Waals surface area contributed by atoms with Gasteiger partial charge >= 0.3 is 0 Å². The van der Waals surface area contributed by atoms with Crippen LogP contribution in [0, 0.1) is 0 Å². The Hall–Kier alpha value is -1.32. The van der Waals surface area contributed by atoms with E-state index in [4.69, 9.17) is 9.84 Å². The van der Waals surface area contributed by atoms with E-state index in [2.05, 4.69) is 15.9 Å². The average molecular weight is 307 g/mol. The first kappa shape index (κ1) is 13.1. The van der Waals surface area contributed by atoms with E-state index >= 15 is 0 Å². The monoisotopic (exact) mass is 306 g/mol. The molecule has 0 saturated carbocycles. The Bertz CT molecular complexity index is 468. The van der Waals surface area contributed by atoms with Crippen LogP contribution in [0.3, 0.4) is 0 Å². The van der Waals surface area contributed by atoms with Gasteiger partial charge < -0.3 is 9.84 Å². The van der Waals surface area contributed by atoms with Crippen LogP contribution in [0.15, 0.2) is 54.6 Å². The maximum atomic E-state index is 9.03. The summed E-state index contributed by atoms with van der Waals surface area (Å²) in [5.41, 5.74) is 2.19. The number of hydrogen-bond acceptors (Lipinski definition) is 2. The summed E-state index contributed by atoms with van der Waals surface area (Å²) in [6.07, 6.45) is 0. The number of halogens is 1. The summed E-state index contributed by atoms with van der Waals surface area (Å²) in [4.78, 5) is -0.0133. The molecule has 0 aliphatic heterocycles. The van der Waals surface area contributed by atoms with Gasteiger partial charge in [0.1, 0.15) is 12.4 Å². The van der Waals surface area contributed by atoms with Gasteiger partial charge in [-0.1, -0.05) is 58.4 Å². The van der Waals surface area contributed by atoms with E-state index in [1.165, 1.54) is 0 Å². The summed E-state index contributed by atoms with van der Waals surface area (Å²) < 4.78 is 5.68. The third-order valence-electron chi connectivity index (χ3n) is 2.65. The number of alkyl halides is 1. The van der Waals surface area contributed by atoms with Crippen LogP contribution in [0.25, 0.3) is 0 Å². The van der Waals surface area contributed by atoms with Crippen molar-refractivity contribution in [1.29, 1.82) is 0 Å². The van der Waals surface area contributed by atoms with Crippen LogP contribution < -0.4 is 4.74 Å². The average Bonchev–Trinajstić information content (AvgIpc) is 2.46. The Morgan fingerprint density at radius 2 is 1.67 bits per heavy atom. The number of aliphatic hydroxyl groups excluding tert-OH is 1. The molecule has 0 fully saturated rings. The lowest BCUT2D eigenvalue weighted by atomic mass is 10.1. The van der Waals surface area contributed by atoms with Crippen molar-refractivity contribution in [2.45, 2.75) is 11.4 Å². The van der Waals surface area contributed by atoms with Gasteiger partial charge in [-0.25, -0.2) is 0 Å². The fraction of sp³-hybridized carbons (Fsp3) is 0.200. The number of hydrogen-bond donors (Lipinski definition) is 1. The number of benzene rings is 2. The summed E-state index contributed by atoms with van der Waals surface area (Å²) in [6, 6.07) is 17.8. The quantitative estimate of drug-likeness (QED) is 0.854. The Morgan fingerprint density at radius 3 is 2.28 bits per heavy atom. The molecule has 0 unspecified atom stereocenters. The van der Waals surface area contributed by atoms with Gasteiger partial charge in [0.25, 0.3) is 0 Å². The summed E-state index contributed by atoms with van der Waals surface area (Å²) >= 11 is 3.39. The SMILES string of the molecule is OC[C@@H](Br)c1ccc(OCc2ccccc2)cc1. The first-order valence-electron chi connectivity index (χ1n) is 5.81. The highest BCUT2D eigenvalue weighted by Crippen LogP contribution is 2.24. The van der Waals surface area contributed by atoms with Crippen molar-refractivity contribution >= 4 is 15.9 Å². The van der Waals surface area contributed by atoms with Gasteiger partial charge in [-0.2, -0.15) is 0 Å². The van der Waals surface area contributed by atoms with Crippen molar-refractivity contribution in [2.24, 2.45) is 0 Å². The van der Waals surface area contributed by atoms with Crippen molar-refractivity contribution in [3.63, 3.8) is 0 Å². The second-order valence-corrected chi connectivity index (χ2v) is 5.10. The molecule has 0 amide bonds. The normalized spacial score (nSPS) is 12.1. The van der Waals surface area contributed by atoms with Crippen LogP contribution in [0.4, 0.5) is 0 Å². The first-order valence-corrected chi connectivity index (χ1v) is 6.73. The van der Waals surface area contributed by atoms with Crippen molar-refractivity contribution in [3.05, 3.63) is 65.7 Å². The van der Waals surface area contributed by atoms with Crippen molar-refractivity contribution in [1.82, 2.24) is 0 Å². The Labute approximate surface area is 115 Å². The zero-order chi connectivity index (χ0) is 12.8. The lowest BCUT2D eigenvalue weighted by Crippen LogP contribution is -1.97. The Morgan fingerprint density at radius 1 is 1.00 bits per heavy atom. The van der Waals surface area contributed by atoms with Gasteiger partial charge in [0, 0.05) is 0 Å². The smallest absolute Gasteiger partial charge is 0.119 e. The molecule has 0 aliphatic carbocycles. The molecule has 2 nitrogen and oxygen atoms in total. The van der Waals surface area contributed by atoms with Gasteiger partial charge in [0.2, 0.25) is 0 Å². The van der Waals surface area contributed by atoms with Crippen LogP contribution >= 0.6 is 15.9 Å². The number of ether oxygens (including phenoxy) is 1. The van der Waals surface area contributed by atoms with Crippen LogP contribution in [-0.4, -0.2) is 11.7 Å². The van der Waals surface area contributed by atoms with E-state index in [9.17, 15) is 0 Å². The third-order valence-corrected chi connectivity index (χ3v) is 3.47. The second-order valence-electron chi connectivity index (χ2n) is 3.99. The lowest BCUT2D eigenvalue weighted by Gasteiger charge is -2.09. The highest BCUT2D eigenvalue weighted by Gasteiger charge is 2.05. The van der Waals surface area contributed by atoms with E-state index in [-0.39, 0.29) is 11.4 Å². The molecule has 0 aromatic heterocycles. The van der Waals surface area contributed by atoms with E-state index < -0.39 is 0 Å². The number of rotatable bonds is 5. The molecule has 2 rings (SSSR count). The predicted octanol–water partition coefficient (Wildman–Crippen LogP) is 3.69. The largest absolute Gasteiger partial charge is 0.489 e. The Balaban J connectivity index is 1.94. The zero-order valence-corrected chi connectivity index (χ0v) is 11.5. The van der Waals surface area contributed by atoms with Crippen LogP contribution in [0.1, 0.15) is 16.0 Å². The molecule has 2 aromatic carbocycles. The van der Waals surface area contributed by atoms with Crippen molar-refractivity contribution < 1.29 is 9.84 Å². The number of aliphatic hydroxyl groups is 1. The fourth-order valence-electron chi connectivity index (χ4n) is 1.62. The standard InChI is InChI=1S/C15H15BrO2/c16-15(10-17)13-6-8-14(9-7-13)18-11-12-4-2-1-3-5-12/h1-9,15,17H,10-11H2/t15-/m1/s1. The molecule has 3 heteroatoms. The minimum atomic E-state index is -0.0133. The lowest BCUT2D eigenvalue weighted by molar-refractivity contribution is 0.297. The van der Waals surface area contributed by atoms with Gasteiger partial charge in [-0.05, 0) is 23.3 Å². The van der Waals surface area contributed by atoms with Gasteiger partial charge in [-0.3, -0.25) is 0 Å². The van der Waals surface area contributed by atoms with Crippen LogP contribution in [0.2, 0.25) is 0 Å². The molecule has 0 aliphatic rings. The van der Waals surface area contributed by atoms with E-state index in [0.29, 0.717) is 6.61 Å². The summed E-state index contributed by atoms with van der Waals surface area (Å²) in [5, 5.41) is 9.03. The highest BCUT2D eigenvalue weighted by molar-refractivity contribution is 9.09. The van der Waals surface area contributed by atoms with Gasteiger partial charge in [0.15, 0.2) is 0 Å². The molecule has 1 N–H and O–H groups in total. The minimum Gasteiger partial charge on any atom is -0.489 e. The second kappa shape index (κ2) is 6.57. The molecule has 0 heterocycles. The van der Waals surface area contributed by atoms with Crippen molar-refractivity contribution in [2.75, 3.05) is 6.61 Å². The van der Waals surface area contributed by atoms with Crippen molar-refractivity contribution in [3.8, 4) is 5.75 Å². The molecule has 2 aromatic rings. The molecule has 0 radical (unpaired) electrons. The molecular formula is C15H15BrO2. The fourth-order valence-corrected chi connectivity index (χ4v) is 1.92. The van der Waals surface area contributed by atoms with Crippen LogP contribution in [0.5, 0.6) is 5.75 Å². The topological polar surface area (TPSA) is 29.5 Å². The summed E-state index contributed by atoms with van der Waals surface area (Å²) in [5.74, 6) is 0.834. The molecule has 94 valence electrons. The molecule has 0 saturated heterocycles. The molecule has 0 bridgehead atoms. The van der Waals surface area contributed by atoms with Gasteiger partial charge in [-0.15, -0.1) is 0 Å². The maximum Gasteiger partial charge on any atom is 0.119 e. The molecule has 18 heavy (non-hydrogen) atoms. The minimum absolute atomic E-state index is 0.0133.